The molecule has 3 nitrogen and oxygen atoms in total. The predicted octanol–water partition coefficient (Wildman–Crippen LogP) is 5.51. The summed E-state index contributed by atoms with van der Waals surface area (Å²) in [7, 11) is 0. The smallest absolute Gasteiger partial charge is 0.227 e. The summed E-state index contributed by atoms with van der Waals surface area (Å²) in [5, 5.41) is 9.27. The molecule has 3 N–H and O–H groups in total. The van der Waals surface area contributed by atoms with Gasteiger partial charge in [-0.25, -0.2) is 0 Å². The molecule has 1 aliphatic carbocycles. The van der Waals surface area contributed by atoms with Crippen LogP contribution in [-0.4, -0.2) is 5.91 Å². The Morgan fingerprint density at radius 3 is 2.33 bits per heavy atom. The summed E-state index contributed by atoms with van der Waals surface area (Å²) in [4.78, 5) is 13.0. The van der Waals surface area contributed by atoms with E-state index in [4.69, 9.17) is 16.7 Å². The van der Waals surface area contributed by atoms with Crippen molar-refractivity contribution in [2.24, 2.45) is 11.1 Å². The number of nitrogens with two attached hydrogens (primary N) is 1. The molecule has 0 atom stereocenters. The molecule has 0 saturated heterocycles. The highest BCUT2D eigenvalue weighted by molar-refractivity contribution is 7.97. The van der Waals surface area contributed by atoms with Crippen molar-refractivity contribution >= 4 is 35.1 Å². The summed E-state index contributed by atoms with van der Waals surface area (Å²) in [6, 6.07) is 17.1. The van der Waals surface area contributed by atoms with Gasteiger partial charge >= 0.3 is 0 Å². The van der Waals surface area contributed by atoms with Gasteiger partial charge in [-0.15, -0.1) is 0 Å². The van der Waals surface area contributed by atoms with E-state index in [-0.39, 0.29) is 11.8 Å². The summed E-state index contributed by atoms with van der Waals surface area (Å²) >= 11 is 6.73. The summed E-state index contributed by atoms with van der Waals surface area (Å²) in [6.07, 6.45) is 5.67. The van der Waals surface area contributed by atoms with Crippen molar-refractivity contribution in [2.75, 3.05) is 5.32 Å². The summed E-state index contributed by atoms with van der Waals surface area (Å²) in [6.45, 7) is 0. The first-order valence-electron chi connectivity index (χ1n) is 8.17. The van der Waals surface area contributed by atoms with Crippen LogP contribution in [0.5, 0.6) is 0 Å². The first-order valence-corrected chi connectivity index (χ1v) is 9.43. The van der Waals surface area contributed by atoms with Crippen LogP contribution in [-0.2, 0) is 4.79 Å². The first-order chi connectivity index (χ1) is 11.7. The molecular weight excluding hydrogens is 340 g/mol. The van der Waals surface area contributed by atoms with Crippen LogP contribution in [0.2, 0.25) is 5.02 Å². The molecular formula is C19H23ClN2OS. The van der Waals surface area contributed by atoms with Gasteiger partial charge in [-0.1, -0.05) is 55.1 Å². The fraction of sp³-hybridized carbons (Fsp3) is 0.316. The number of rotatable bonds is 3. The Morgan fingerprint density at radius 2 is 1.75 bits per heavy atom. The van der Waals surface area contributed by atoms with Gasteiger partial charge in [-0.2, -0.15) is 0 Å². The Morgan fingerprint density at radius 1 is 1.04 bits per heavy atom. The van der Waals surface area contributed by atoms with Gasteiger partial charge in [0.25, 0.3) is 0 Å². The van der Waals surface area contributed by atoms with Gasteiger partial charge in [-0.05, 0) is 55.1 Å². The normalized spacial score (nSPS) is 14.4. The second-order valence-corrected chi connectivity index (χ2v) is 6.91. The molecule has 5 heteroatoms. The molecule has 0 spiro atoms. The van der Waals surface area contributed by atoms with E-state index < -0.39 is 0 Å². The van der Waals surface area contributed by atoms with Crippen molar-refractivity contribution in [2.45, 2.75) is 37.0 Å². The average Bonchev–Trinajstić information content (AvgIpc) is 2.64. The maximum atomic E-state index is 12.0. The van der Waals surface area contributed by atoms with Gasteiger partial charge in [0, 0.05) is 21.5 Å². The maximum Gasteiger partial charge on any atom is 0.227 e. The number of benzene rings is 2. The molecule has 24 heavy (non-hydrogen) atoms. The van der Waals surface area contributed by atoms with Gasteiger partial charge in [0.15, 0.2) is 0 Å². The van der Waals surface area contributed by atoms with E-state index in [1.807, 2.05) is 54.6 Å². The molecule has 0 unspecified atom stereocenters. The zero-order valence-electron chi connectivity index (χ0n) is 13.6. The molecule has 2 aromatic rings. The first kappa shape index (κ1) is 18.8. The number of hydrogen-bond donors (Lipinski definition) is 2. The summed E-state index contributed by atoms with van der Waals surface area (Å²) in [5.41, 5.74) is 0.844. The molecule has 0 aliphatic heterocycles. The summed E-state index contributed by atoms with van der Waals surface area (Å²) in [5.74, 6) is 0.349. The van der Waals surface area contributed by atoms with Crippen LogP contribution in [0, 0.1) is 5.92 Å². The number of anilines is 1. The topological polar surface area (TPSA) is 55.1 Å². The lowest BCUT2D eigenvalue weighted by atomic mass is 9.88. The third kappa shape index (κ3) is 6.56. The second kappa shape index (κ2) is 10.4. The van der Waals surface area contributed by atoms with Crippen molar-refractivity contribution in [3.63, 3.8) is 0 Å². The Kier molecular flexibility index (Phi) is 8.16. The van der Waals surface area contributed by atoms with Gasteiger partial charge in [0.2, 0.25) is 5.91 Å². The number of nitrogens with one attached hydrogen (secondary N) is 1. The highest BCUT2D eigenvalue weighted by Gasteiger charge is 2.20. The minimum Gasteiger partial charge on any atom is -0.326 e. The van der Waals surface area contributed by atoms with Crippen LogP contribution in [0.25, 0.3) is 0 Å². The van der Waals surface area contributed by atoms with E-state index in [9.17, 15) is 4.79 Å². The number of carbonyl (C=O) groups excluding carboxylic acids is 1. The summed E-state index contributed by atoms with van der Waals surface area (Å²) < 4.78 is 0. The average molecular weight is 363 g/mol. The van der Waals surface area contributed by atoms with E-state index in [2.05, 4.69) is 5.32 Å². The third-order valence-electron chi connectivity index (χ3n) is 3.95. The lowest BCUT2D eigenvalue weighted by Crippen LogP contribution is -2.24. The fourth-order valence-electron chi connectivity index (χ4n) is 2.67. The molecule has 1 fully saturated rings. The lowest BCUT2D eigenvalue weighted by Gasteiger charge is -2.20. The van der Waals surface area contributed by atoms with Crippen LogP contribution in [0.4, 0.5) is 5.69 Å². The molecule has 1 saturated carbocycles. The predicted molar refractivity (Wildman–Crippen MR) is 103 cm³/mol. The van der Waals surface area contributed by atoms with Crippen molar-refractivity contribution in [1.82, 2.24) is 0 Å². The van der Waals surface area contributed by atoms with E-state index in [1.54, 1.807) is 0 Å². The van der Waals surface area contributed by atoms with E-state index in [0.717, 1.165) is 28.4 Å². The largest absolute Gasteiger partial charge is 0.326 e. The van der Waals surface area contributed by atoms with Crippen molar-refractivity contribution in [3.8, 4) is 0 Å². The third-order valence-corrected chi connectivity index (χ3v) is 4.72. The van der Waals surface area contributed by atoms with E-state index in [0.29, 0.717) is 0 Å². The molecule has 0 aromatic heterocycles. The molecule has 0 bridgehead atoms. The van der Waals surface area contributed by atoms with Crippen molar-refractivity contribution in [1.29, 1.82) is 0 Å². The van der Waals surface area contributed by atoms with Gasteiger partial charge in [0.1, 0.15) is 0 Å². The minimum absolute atomic E-state index is 0.156. The Labute approximate surface area is 153 Å². The monoisotopic (exact) mass is 362 g/mol. The zero-order valence-corrected chi connectivity index (χ0v) is 15.2. The van der Waals surface area contributed by atoms with E-state index >= 15 is 0 Å². The van der Waals surface area contributed by atoms with Crippen LogP contribution < -0.4 is 10.5 Å². The lowest BCUT2D eigenvalue weighted by molar-refractivity contribution is -0.120. The van der Waals surface area contributed by atoms with Crippen LogP contribution >= 0.6 is 23.5 Å². The quantitative estimate of drug-likeness (QED) is 0.707. The van der Waals surface area contributed by atoms with E-state index in [1.165, 1.54) is 31.2 Å². The molecule has 3 rings (SSSR count). The molecule has 0 radical (unpaired) electrons. The minimum atomic E-state index is 0.156. The standard InChI is InChI=1S/C13H18N2OS.C6H5Cl/c14-17-12-8-4-7-11(9-12)15-13(16)10-5-2-1-3-6-10;7-6-4-2-1-3-5-6/h4,7-10H,1-3,5-6,14H2,(H,15,16);1-5H. The Bertz CT molecular complexity index is 630. The van der Waals surface area contributed by atoms with Gasteiger partial charge in [0.05, 0.1) is 0 Å². The maximum absolute atomic E-state index is 12.0. The highest BCUT2D eigenvalue weighted by atomic mass is 35.5. The van der Waals surface area contributed by atoms with Gasteiger partial charge < -0.3 is 5.32 Å². The van der Waals surface area contributed by atoms with Crippen LogP contribution in [0.1, 0.15) is 32.1 Å². The highest BCUT2D eigenvalue weighted by Crippen LogP contribution is 2.25. The van der Waals surface area contributed by atoms with Crippen LogP contribution in [0.15, 0.2) is 59.5 Å². The SMILES string of the molecule is Clc1ccccc1.NSc1cccc(NC(=O)C2CCCCC2)c1. The second-order valence-electron chi connectivity index (χ2n) is 5.77. The Balaban J connectivity index is 0.000000249. The Hall–Kier alpha value is -1.49. The number of amides is 1. The van der Waals surface area contributed by atoms with Crippen LogP contribution in [0.3, 0.4) is 0 Å². The van der Waals surface area contributed by atoms with Gasteiger partial charge in [-0.3, -0.25) is 9.93 Å². The number of hydrogen-bond acceptors (Lipinski definition) is 3. The molecule has 2 aromatic carbocycles. The molecule has 128 valence electrons. The number of halogens is 1. The molecule has 0 heterocycles. The molecule has 1 aliphatic rings. The molecule has 1 amide bonds. The van der Waals surface area contributed by atoms with Crippen molar-refractivity contribution in [3.05, 3.63) is 59.6 Å². The fourth-order valence-corrected chi connectivity index (χ4v) is 3.17. The number of carbonyl (C=O) groups is 1. The van der Waals surface area contributed by atoms with Crippen molar-refractivity contribution < 1.29 is 4.79 Å². The zero-order chi connectivity index (χ0) is 17.2.